The Morgan fingerprint density at radius 2 is 2.26 bits per heavy atom. The lowest BCUT2D eigenvalue weighted by Crippen LogP contribution is -2.43. The number of rotatable bonds is 6. The summed E-state index contributed by atoms with van der Waals surface area (Å²) in [6.07, 6.45) is 3.75. The molecule has 0 aliphatic carbocycles. The number of hydrogen-bond donors (Lipinski definition) is 1. The number of carbonyl (C=O) groups excluding carboxylic acids is 1. The fourth-order valence-corrected chi connectivity index (χ4v) is 4.03. The van der Waals surface area contributed by atoms with Crippen LogP contribution in [-0.4, -0.2) is 32.2 Å². The molecule has 1 aromatic carbocycles. The molecule has 2 rings (SSSR count). The second kappa shape index (κ2) is 8.08. The molecule has 1 aliphatic heterocycles. The maximum atomic E-state index is 12.6. The Morgan fingerprint density at radius 1 is 1.52 bits per heavy atom. The van der Waals surface area contributed by atoms with Crippen molar-refractivity contribution < 1.29 is 14.7 Å². The summed E-state index contributed by atoms with van der Waals surface area (Å²) >= 11 is 9.78. The molecular weight excluding hydrogens is 398 g/mol. The third kappa shape index (κ3) is 4.43. The van der Waals surface area contributed by atoms with Crippen LogP contribution >= 0.6 is 39.9 Å². The van der Waals surface area contributed by atoms with Gasteiger partial charge in [-0.05, 0) is 30.2 Å². The third-order valence-corrected chi connectivity index (χ3v) is 5.22. The van der Waals surface area contributed by atoms with Crippen LogP contribution in [0.5, 0.6) is 0 Å². The molecule has 0 aromatic heterocycles. The third-order valence-electron chi connectivity index (χ3n) is 3.40. The second-order valence-electron chi connectivity index (χ2n) is 5.10. The van der Waals surface area contributed by atoms with Crippen LogP contribution in [0.25, 0.3) is 6.08 Å². The molecule has 1 amide bonds. The molecule has 0 radical (unpaired) electrons. The van der Waals surface area contributed by atoms with Gasteiger partial charge in [-0.25, -0.2) is 4.79 Å². The highest BCUT2D eigenvalue weighted by molar-refractivity contribution is 9.10. The first kappa shape index (κ1) is 18.2. The molecule has 1 aromatic rings. The van der Waals surface area contributed by atoms with Crippen LogP contribution in [0.2, 0.25) is 0 Å². The van der Waals surface area contributed by atoms with E-state index in [1.165, 1.54) is 4.90 Å². The molecule has 23 heavy (non-hydrogen) atoms. The van der Waals surface area contributed by atoms with Crippen LogP contribution in [0.3, 0.4) is 0 Å². The number of hydrogen-bond acceptors (Lipinski definition) is 4. The summed E-state index contributed by atoms with van der Waals surface area (Å²) in [5, 5.41) is 9.42. The molecule has 1 N–H and O–H groups in total. The van der Waals surface area contributed by atoms with Gasteiger partial charge in [0.1, 0.15) is 10.4 Å². The first-order valence-corrected chi connectivity index (χ1v) is 9.21. The van der Waals surface area contributed by atoms with Gasteiger partial charge in [0, 0.05) is 4.47 Å². The number of halogens is 1. The van der Waals surface area contributed by atoms with E-state index in [2.05, 4.69) is 15.9 Å². The number of carboxylic acid groups (broad SMARTS) is 1. The Bertz CT molecular complexity index is 675. The Morgan fingerprint density at radius 3 is 2.87 bits per heavy atom. The fraction of sp³-hybridized carbons (Fsp3) is 0.312. The van der Waals surface area contributed by atoms with Crippen LogP contribution in [0.4, 0.5) is 0 Å². The number of aliphatic carboxylic acids is 1. The van der Waals surface area contributed by atoms with Gasteiger partial charge in [0.05, 0.1) is 4.91 Å². The maximum Gasteiger partial charge on any atom is 0.326 e. The van der Waals surface area contributed by atoms with Crippen molar-refractivity contribution in [3.63, 3.8) is 0 Å². The van der Waals surface area contributed by atoms with Gasteiger partial charge in [0.15, 0.2) is 0 Å². The number of thiocarbonyl (C=S) groups is 1. The van der Waals surface area contributed by atoms with Gasteiger partial charge in [0.2, 0.25) is 0 Å². The standard InChI is InChI=1S/C16H16BrNO3S2/c1-2-3-7-12(15(20)21)18-14(19)13(23-16(18)22)9-10-5-4-6-11(17)8-10/h4-6,8-9,12H,2-3,7H2,1H3,(H,20,21)/b13-9-/t12-/m0/s1. The van der Waals surface area contributed by atoms with E-state index in [1.54, 1.807) is 6.08 Å². The summed E-state index contributed by atoms with van der Waals surface area (Å²) in [5.74, 6) is -1.35. The lowest BCUT2D eigenvalue weighted by Gasteiger charge is -2.22. The topological polar surface area (TPSA) is 57.6 Å². The minimum absolute atomic E-state index is 0.305. The fourth-order valence-electron chi connectivity index (χ4n) is 2.26. The smallest absolute Gasteiger partial charge is 0.326 e. The molecule has 1 heterocycles. The summed E-state index contributed by atoms with van der Waals surface area (Å²) in [5.41, 5.74) is 0.861. The average molecular weight is 414 g/mol. The van der Waals surface area contributed by atoms with Crippen molar-refractivity contribution in [2.75, 3.05) is 0 Å². The number of thioether (sulfide) groups is 1. The van der Waals surface area contributed by atoms with Crippen molar-refractivity contribution in [3.05, 3.63) is 39.2 Å². The first-order valence-electron chi connectivity index (χ1n) is 7.19. The number of carbonyl (C=O) groups is 2. The van der Waals surface area contributed by atoms with Crippen molar-refractivity contribution in [2.45, 2.75) is 32.2 Å². The quantitative estimate of drug-likeness (QED) is 0.556. The predicted octanol–water partition coefficient (Wildman–Crippen LogP) is 4.29. The molecule has 0 unspecified atom stereocenters. The van der Waals surface area contributed by atoms with Crippen LogP contribution < -0.4 is 0 Å². The number of unbranched alkanes of at least 4 members (excludes halogenated alkanes) is 1. The first-order chi connectivity index (χ1) is 10.9. The summed E-state index contributed by atoms with van der Waals surface area (Å²) < 4.78 is 1.22. The van der Waals surface area contributed by atoms with Gasteiger partial charge >= 0.3 is 5.97 Å². The summed E-state index contributed by atoms with van der Waals surface area (Å²) in [6.45, 7) is 1.98. The SMILES string of the molecule is CCCC[C@@H](C(=O)O)N1C(=O)/C(=C/c2cccc(Br)c2)SC1=S. The number of amides is 1. The molecule has 7 heteroatoms. The van der Waals surface area contributed by atoms with E-state index < -0.39 is 12.0 Å². The predicted molar refractivity (Wildman–Crippen MR) is 100 cm³/mol. The summed E-state index contributed by atoms with van der Waals surface area (Å²) in [7, 11) is 0. The van der Waals surface area contributed by atoms with E-state index in [0.717, 1.165) is 34.6 Å². The Hall–Kier alpha value is -1.18. The van der Waals surface area contributed by atoms with Crippen LogP contribution in [0.15, 0.2) is 33.6 Å². The van der Waals surface area contributed by atoms with Gasteiger partial charge in [-0.2, -0.15) is 0 Å². The van der Waals surface area contributed by atoms with Crippen LogP contribution in [0.1, 0.15) is 31.7 Å². The molecule has 0 spiro atoms. The van der Waals surface area contributed by atoms with E-state index >= 15 is 0 Å². The monoisotopic (exact) mass is 413 g/mol. The number of nitrogens with zero attached hydrogens (tertiary/aromatic N) is 1. The zero-order valence-corrected chi connectivity index (χ0v) is 15.7. The minimum atomic E-state index is -1.02. The van der Waals surface area contributed by atoms with Crippen molar-refractivity contribution in [2.24, 2.45) is 0 Å². The molecule has 1 fully saturated rings. The zero-order valence-electron chi connectivity index (χ0n) is 12.5. The molecule has 1 aliphatic rings. The van der Waals surface area contributed by atoms with Gasteiger partial charge in [-0.1, -0.05) is 71.8 Å². The summed E-state index contributed by atoms with van der Waals surface area (Å²) in [4.78, 5) is 25.8. The Labute approximate surface area is 153 Å². The number of benzene rings is 1. The van der Waals surface area contributed by atoms with Crippen molar-refractivity contribution in [1.82, 2.24) is 4.90 Å². The highest BCUT2D eigenvalue weighted by Gasteiger charge is 2.40. The van der Waals surface area contributed by atoms with Crippen LogP contribution in [-0.2, 0) is 9.59 Å². The molecule has 0 bridgehead atoms. The molecule has 122 valence electrons. The van der Waals surface area contributed by atoms with Gasteiger partial charge in [-0.15, -0.1) is 0 Å². The Balaban J connectivity index is 2.26. The van der Waals surface area contributed by atoms with Crippen molar-refractivity contribution >= 4 is 62.2 Å². The zero-order chi connectivity index (χ0) is 17.0. The second-order valence-corrected chi connectivity index (χ2v) is 7.69. The Kier molecular flexibility index (Phi) is 6.38. The van der Waals surface area contributed by atoms with Gasteiger partial charge < -0.3 is 5.11 Å². The van der Waals surface area contributed by atoms with E-state index in [9.17, 15) is 14.7 Å². The maximum absolute atomic E-state index is 12.6. The van der Waals surface area contributed by atoms with Crippen molar-refractivity contribution in [3.8, 4) is 0 Å². The van der Waals surface area contributed by atoms with Crippen LogP contribution in [0, 0.1) is 0 Å². The highest BCUT2D eigenvalue weighted by Crippen LogP contribution is 2.35. The molecule has 0 saturated carbocycles. The van der Waals surface area contributed by atoms with E-state index in [-0.39, 0.29) is 5.91 Å². The lowest BCUT2D eigenvalue weighted by molar-refractivity contribution is -0.145. The van der Waals surface area contributed by atoms with Crippen molar-refractivity contribution in [1.29, 1.82) is 0 Å². The largest absolute Gasteiger partial charge is 0.480 e. The lowest BCUT2D eigenvalue weighted by atomic mass is 10.1. The van der Waals surface area contributed by atoms with E-state index in [1.807, 2.05) is 31.2 Å². The highest BCUT2D eigenvalue weighted by atomic mass is 79.9. The van der Waals surface area contributed by atoms with E-state index in [0.29, 0.717) is 15.6 Å². The van der Waals surface area contributed by atoms with Gasteiger partial charge in [0.25, 0.3) is 5.91 Å². The normalized spacial score (nSPS) is 17.8. The average Bonchev–Trinajstić information content (AvgIpc) is 2.75. The number of carboxylic acids is 1. The molecule has 1 atom stereocenters. The molecular formula is C16H16BrNO3S2. The van der Waals surface area contributed by atoms with E-state index in [4.69, 9.17) is 12.2 Å². The molecule has 4 nitrogen and oxygen atoms in total. The minimum Gasteiger partial charge on any atom is -0.480 e. The molecule has 1 saturated heterocycles. The summed E-state index contributed by atoms with van der Waals surface area (Å²) in [6, 6.07) is 6.64. The van der Waals surface area contributed by atoms with Gasteiger partial charge in [-0.3, -0.25) is 9.69 Å².